The minimum absolute atomic E-state index is 0.0231. The molecule has 3 aliphatic rings. The van der Waals surface area contributed by atoms with Gasteiger partial charge in [-0.3, -0.25) is 0 Å². The van der Waals surface area contributed by atoms with Crippen molar-refractivity contribution in [2.45, 2.75) is 12.5 Å². The summed E-state index contributed by atoms with van der Waals surface area (Å²) in [6.07, 6.45) is 0.404. The normalized spacial score (nSPS) is 38.7. The molecule has 2 bridgehead atoms. The molecule has 1 N–H and O–H groups in total. The standard InChI is InChI=1S/C12H14O/c1-6-8(3)12-9(4)7(2)10(6)5-11(12)13/h10-13H,1-5H2. The third-order valence-electron chi connectivity index (χ3n) is 3.28. The van der Waals surface area contributed by atoms with Crippen molar-refractivity contribution in [3.63, 3.8) is 0 Å². The fraction of sp³-hybridized carbons (Fsp3) is 0.333. The van der Waals surface area contributed by atoms with Gasteiger partial charge in [-0.15, -0.1) is 0 Å². The first-order valence-corrected chi connectivity index (χ1v) is 4.48. The molecule has 0 heterocycles. The van der Waals surface area contributed by atoms with Gasteiger partial charge in [0.2, 0.25) is 0 Å². The molecule has 68 valence electrons. The van der Waals surface area contributed by atoms with Gasteiger partial charge in [0.25, 0.3) is 0 Å². The maximum absolute atomic E-state index is 9.77. The third-order valence-corrected chi connectivity index (χ3v) is 3.28. The molecule has 0 aromatic heterocycles. The van der Waals surface area contributed by atoms with Gasteiger partial charge >= 0.3 is 0 Å². The maximum atomic E-state index is 9.77. The van der Waals surface area contributed by atoms with E-state index in [-0.39, 0.29) is 17.9 Å². The summed E-state index contributed by atoms with van der Waals surface area (Å²) >= 11 is 0. The van der Waals surface area contributed by atoms with Crippen LogP contribution in [0.15, 0.2) is 48.6 Å². The van der Waals surface area contributed by atoms with Crippen molar-refractivity contribution in [2.75, 3.05) is 0 Å². The molecule has 0 aliphatic heterocycles. The number of aliphatic hydroxyl groups excluding tert-OH is 1. The molecule has 0 aromatic carbocycles. The lowest BCUT2D eigenvalue weighted by Crippen LogP contribution is -2.40. The number of fused-ring (bicyclic) bond motifs is 3. The molecular weight excluding hydrogens is 160 g/mol. The van der Waals surface area contributed by atoms with Crippen LogP contribution in [0.5, 0.6) is 0 Å². The second kappa shape index (κ2) is 2.46. The van der Waals surface area contributed by atoms with Crippen molar-refractivity contribution in [1.29, 1.82) is 0 Å². The Balaban J connectivity index is 2.50. The number of hydrogen-bond donors (Lipinski definition) is 1. The SMILES string of the molecule is C=C1C(=C)C2C(=C)C(=C)C1CC2O. The van der Waals surface area contributed by atoms with Crippen molar-refractivity contribution >= 4 is 0 Å². The van der Waals surface area contributed by atoms with Crippen LogP contribution in [-0.4, -0.2) is 11.2 Å². The lowest BCUT2D eigenvalue weighted by molar-refractivity contribution is 0.0984. The fourth-order valence-corrected chi connectivity index (χ4v) is 2.39. The second-order valence-electron chi connectivity index (χ2n) is 3.93. The van der Waals surface area contributed by atoms with Gasteiger partial charge in [-0.2, -0.15) is 0 Å². The smallest absolute Gasteiger partial charge is 0.0658 e. The largest absolute Gasteiger partial charge is 0.392 e. The van der Waals surface area contributed by atoms with Crippen LogP contribution in [0.25, 0.3) is 0 Å². The van der Waals surface area contributed by atoms with E-state index in [4.69, 9.17) is 0 Å². The van der Waals surface area contributed by atoms with Gasteiger partial charge in [-0.1, -0.05) is 26.3 Å². The Bertz CT molecular complexity index is 307. The van der Waals surface area contributed by atoms with E-state index >= 15 is 0 Å². The van der Waals surface area contributed by atoms with Crippen molar-refractivity contribution in [1.82, 2.24) is 0 Å². The molecule has 1 atom stereocenters. The third kappa shape index (κ3) is 0.909. The van der Waals surface area contributed by atoms with Gasteiger partial charge in [0.05, 0.1) is 6.10 Å². The topological polar surface area (TPSA) is 20.2 Å². The summed E-state index contributed by atoms with van der Waals surface area (Å²) < 4.78 is 0. The first-order chi connectivity index (χ1) is 6.04. The Hall–Kier alpha value is -1.08. The molecule has 0 amide bonds. The highest BCUT2D eigenvalue weighted by molar-refractivity contribution is 5.55. The lowest BCUT2D eigenvalue weighted by Gasteiger charge is -2.46. The highest BCUT2D eigenvalue weighted by Gasteiger charge is 2.43. The van der Waals surface area contributed by atoms with Crippen LogP contribution in [0.1, 0.15) is 6.42 Å². The molecule has 0 spiro atoms. The minimum Gasteiger partial charge on any atom is -0.392 e. The molecule has 1 heteroatoms. The first-order valence-electron chi connectivity index (χ1n) is 4.48. The summed E-state index contributed by atoms with van der Waals surface area (Å²) in [7, 11) is 0. The van der Waals surface area contributed by atoms with Crippen molar-refractivity contribution in [3.05, 3.63) is 48.6 Å². The summed E-state index contributed by atoms with van der Waals surface area (Å²) in [6.45, 7) is 15.9. The molecule has 3 aliphatic carbocycles. The maximum Gasteiger partial charge on any atom is 0.0658 e. The van der Waals surface area contributed by atoms with Gasteiger partial charge in [-0.05, 0) is 28.7 Å². The van der Waals surface area contributed by atoms with Crippen LogP contribution in [0.2, 0.25) is 0 Å². The van der Waals surface area contributed by atoms with Crippen molar-refractivity contribution in [2.24, 2.45) is 11.8 Å². The summed E-state index contributed by atoms with van der Waals surface area (Å²) in [5.41, 5.74) is 3.96. The molecule has 3 fully saturated rings. The molecule has 0 radical (unpaired) electrons. The van der Waals surface area contributed by atoms with E-state index in [0.717, 1.165) is 28.7 Å². The van der Waals surface area contributed by atoms with E-state index in [9.17, 15) is 5.11 Å². The van der Waals surface area contributed by atoms with Gasteiger partial charge in [0, 0.05) is 11.8 Å². The van der Waals surface area contributed by atoms with Gasteiger partial charge in [-0.25, -0.2) is 0 Å². The van der Waals surface area contributed by atoms with Gasteiger partial charge in [0.15, 0.2) is 0 Å². The van der Waals surface area contributed by atoms with Gasteiger partial charge < -0.3 is 5.11 Å². The summed E-state index contributed by atoms with van der Waals surface area (Å²) in [5, 5.41) is 9.77. The van der Waals surface area contributed by atoms with Crippen LogP contribution < -0.4 is 0 Å². The molecule has 1 unspecified atom stereocenters. The fourth-order valence-electron chi connectivity index (χ4n) is 2.39. The number of aliphatic hydroxyl groups is 1. The van der Waals surface area contributed by atoms with E-state index in [1.165, 1.54) is 0 Å². The van der Waals surface area contributed by atoms with Crippen LogP contribution in [-0.2, 0) is 0 Å². The summed E-state index contributed by atoms with van der Waals surface area (Å²) in [6, 6.07) is 0. The molecule has 0 saturated heterocycles. The summed E-state index contributed by atoms with van der Waals surface area (Å²) in [4.78, 5) is 0. The zero-order chi connectivity index (χ0) is 9.75. The average Bonchev–Trinajstić information content (AvgIpc) is 2.07. The van der Waals surface area contributed by atoms with E-state index in [1.54, 1.807) is 0 Å². The quantitative estimate of drug-likeness (QED) is 0.597. The van der Waals surface area contributed by atoms with Crippen LogP contribution >= 0.6 is 0 Å². The van der Waals surface area contributed by atoms with Gasteiger partial charge in [0.1, 0.15) is 0 Å². The Kier molecular flexibility index (Phi) is 1.61. The molecule has 0 aromatic rings. The van der Waals surface area contributed by atoms with E-state index in [0.29, 0.717) is 0 Å². The molecule has 3 saturated carbocycles. The highest BCUT2D eigenvalue weighted by Crippen LogP contribution is 2.51. The summed E-state index contributed by atoms with van der Waals surface area (Å²) in [5.74, 6) is 0.157. The predicted octanol–water partition coefficient (Wildman–Crippen LogP) is 2.22. The second-order valence-corrected chi connectivity index (χ2v) is 3.93. The van der Waals surface area contributed by atoms with E-state index in [2.05, 4.69) is 26.3 Å². The van der Waals surface area contributed by atoms with Crippen LogP contribution in [0.4, 0.5) is 0 Å². The molecular formula is C12H14O. The van der Waals surface area contributed by atoms with Crippen LogP contribution in [0.3, 0.4) is 0 Å². The zero-order valence-electron chi connectivity index (χ0n) is 7.71. The number of rotatable bonds is 0. The van der Waals surface area contributed by atoms with Crippen molar-refractivity contribution in [3.8, 4) is 0 Å². The minimum atomic E-state index is -0.332. The number of hydrogen-bond acceptors (Lipinski definition) is 1. The highest BCUT2D eigenvalue weighted by atomic mass is 16.3. The Morgan fingerprint density at radius 1 is 0.923 bits per heavy atom. The first kappa shape index (κ1) is 8.52. The molecule has 3 rings (SSSR count). The predicted molar refractivity (Wildman–Crippen MR) is 54.2 cm³/mol. The van der Waals surface area contributed by atoms with Crippen LogP contribution in [0, 0.1) is 11.8 Å². The monoisotopic (exact) mass is 174 g/mol. The van der Waals surface area contributed by atoms with E-state index < -0.39 is 0 Å². The molecule has 1 nitrogen and oxygen atoms in total. The molecule has 13 heavy (non-hydrogen) atoms. The zero-order valence-corrected chi connectivity index (χ0v) is 7.71. The Labute approximate surface area is 78.8 Å². The Morgan fingerprint density at radius 2 is 1.38 bits per heavy atom. The lowest BCUT2D eigenvalue weighted by atomic mass is 9.60. The van der Waals surface area contributed by atoms with Crippen molar-refractivity contribution < 1.29 is 5.11 Å². The average molecular weight is 174 g/mol. The Morgan fingerprint density at radius 3 is 1.77 bits per heavy atom. The van der Waals surface area contributed by atoms with E-state index in [1.807, 2.05) is 0 Å². The number of allylic oxidation sites excluding steroid dienone is 2.